The summed E-state index contributed by atoms with van der Waals surface area (Å²) in [5.74, 6) is 0.517. The molecule has 2 aromatic rings. The van der Waals surface area contributed by atoms with Gasteiger partial charge in [-0.2, -0.15) is 4.31 Å². The van der Waals surface area contributed by atoms with Gasteiger partial charge < -0.3 is 10.2 Å². The molecule has 0 bridgehead atoms. The maximum Gasteiger partial charge on any atom is 0.243 e. The standard InChI is InChI=1S/C18H21N5O3S2/c1-13-11-17(24)21-15-12-14(3-4-16(15)27-13)28(25,26)23-9-7-22(8-10-23)18-19-5-2-6-20-18/h2-6,12-13H,7-11H2,1H3,(H,21,24). The van der Waals surface area contributed by atoms with Crippen LogP contribution in [0.15, 0.2) is 46.5 Å². The fraction of sp³-hybridized carbons (Fsp3) is 0.389. The van der Waals surface area contributed by atoms with E-state index in [1.165, 1.54) is 4.31 Å². The Morgan fingerprint density at radius 1 is 1.14 bits per heavy atom. The first-order valence-electron chi connectivity index (χ1n) is 9.06. The number of nitrogens with one attached hydrogen (secondary N) is 1. The van der Waals surface area contributed by atoms with Crippen molar-refractivity contribution in [2.75, 3.05) is 36.4 Å². The summed E-state index contributed by atoms with van der Waals surface area (Å²) in [5, 5.41) is 2.98. The Hall–Kier alpha value is -2.17. The molecule has 1 amide bonds. The van der Waals surface area contributed by atoms with E-state index in [1.807, 2.05) is 11.8 Å². The SMILES string of the molecule is CC1CC(=O)Nc2cc(S(=O)(=O)N3CCN(c4ncccn4)CC3)ccc2S1. The molecule has 4 rings (SSSR count). The summed E-state index contributed by atoms with van der Waals surface area (Å²) < 4.78 is 27.7. The van der Waals surface area contributed by atoms with E-state index in [0.29, 0.717) is 44.2 Å². The van der Waals surface area contributed by atoms with Crippen LogP contribution in [-0.4, -0.2) is 60.0 Å². The summed E-state index contributed by atoms with van der Waals surface area (Å²) in [5.41, 5.74) is 0.566. The number of sulfonamides is 1. The molecule has 1 fully saturated rings. The number of rotatable bonds is 3. The van der Waals surface area contributed by atoms with Crippen molar-refractivity contribution >= 4 is 39.3 Å². The lowest BCUT2D eigenvalue weighted by Crippen LogP contribution is -2.49. The highest BCUT2D eigenvalue weighted by Gasteiger charge is 2.30. The molecule has 1 N–H and O–H groups in total. The molecule has 2 aliphatic heterocycles. The van der Waals surface area contributed by atoms with Crippen molar-refractivity contribution in [1.82, 2.24) is 14.3 Å². The Kier molecular flexibility index (Phi) is 5.26. The summed E-state index contributed by atoms with van der Waals surface area (Å²) in [7, 11) is -3.64. The zero-order valence-electron chi connectivity index (χ0n) is 15.4. The van der Waals surface area contributed by atoms with Gasteiger partial charge in [0.05, 0.1) is 10.6 Å². The van der Waals surface area contributed by atoms with Crippen LogP contribution in [-0.2, 0) is 14.8 Å². The van der Waals surface area contributed by atoms with Crippen molar-refractivity contribution in [2.24, 2.45) is 0 Å². The second-order valence-electron chi connectivity index (χ2n) is 6.78. The maximum absolute atomic E-state index is 13.1. The highest BCUT2D eigenvalue weighted by atomic mass is 32.2. The first kappa shape index (κ1) is 19.2. The Bertz CT molecular complexity index is 976. The van der Waals surface area contributed by atoms with E-state index in [1.54, 1.807) is 48.4 Å². The van der Waals surface area contributed by atoms with Crippen LogP contribution in [0.1, 0.15) is 13.3 Å². The van der Waals surface area contributed by atoms with Gasteiger partial charge in [-0.1, -0.05) is 6.92 Å². The number of thioether (sulfide) groups is 1. The highest BCUT2D eigenvalue weighted by molar-refractivity contribution is 8.00. The largest absolute Gasteiger partial charge is 0.338 e. The molecule has 1 unspecified atom stereocenters. The minimum atomic E-state index is -3.64. The third-order valence-corrected chi connectivity index (χ3v) is 7.81. The van der Waals surface area contributed by atoms with Crippen molar-refractivity contribution in [1.29, 1.82) is 0 Å². The van der Waals surface area contributed by atoms with Gasteiger partial charge in [-0.3, -0.25) is 4.79 Å². The fourth-order valence-corrected chi connectivity index (χ4v) is 5.82. The summed E-state index contributed by atoms with van der Waals surface area (Å²) in [6, 6.07) is 6.72. The number of nitrogens with zero attached hydrogens (tertiary/aromatic N) is 4. The van der Waals surface area contributed by atoms with Gasteiger partial charge in [0.2, 0.25) is 21.9 Å². The van der Waals surface area contributed by atoms with Crippen LogP contribution >= 0.6 is 11.8 Å². The van der Waals surface area contributed by atoms with Crippen LogP contribution < -0.4 is 10.2 Å². The van der Waals surface area contributed by atoms with Gasteiger partial charge in [0, 0.05) is 55.1 Å². The third-order valence-electron chi connectivity index (χ3n) is 4.74. The molecule has 1 aromatic carbocycles. The lowest BCUT2D eigenvalue weighted by Gasteiger charge is -2.34. The van der Waals surface area contributed by atoms with Crippen molar-refractivity contribution < 1.29 is 13.2 Å². The minimum Gasteiger partial charge on any atom is -0.338 e. The van der Waals surface area contributed by atoms with Gasteiger partial charge in [0.25, 0.3) is 0 Å². The lowest BCUT2D eigenvalue weighted by molar-refractivity contribution is -0.116. The molecule has 1 atom stereocenters. The molecule has 148 valence electrons. The van der Waals surface area contributed by atoms with Gasteiger partial charge in [0.1, 0.15) is 0 Å². The number of aromatic nitrogens is 2. The highest BCUT2D eigenvalue weighted by Crippen LogP contribution is 2.36. The van der Waals surface area contributed by atoms with E-state index < -0.39 is 10.0 Å². The fourth-order valence-electron chi connectivity index (χ4n) is 3.32. The quantitative estimate of drug-likeness (QED) is 0.811. The molecule has 10 heteroatoms. The summed E-state index contributed by atoms with van der Waals surface area (Å²) in [6.07, 6.45) is 3.76. The Balaban J connectivity index is 1.52. The number of anilines is 2. The van der Waals surface area contributed by atoms with Crippen LogP contribution in [0, 0.1) is 0 Å². The Morgan fingerprint density at radius 2 is 1.86 bits per heavy atom. The Labute approximate surface area is 168 Å². The number of fused-ring (bicyclic) bond motifs is 1. The molecule has 0 aliphatic carbocycles. The average molecular weight is 420 g/mol. The molecule has 0 saturated carbocycles. The topological polar surface area (TPSA) is 95.5 Å². The summed E-state index contributed by atoms with van der Waals surface area (Å²) in [4.78, 5) is 23.5. The second kappa shape index (κ2) is 7.69. The maximum atomic E-state index is 13.1. The van der Waals surface area contributed by atoms with Crippen LogP contribution in [0.25, 0.3) is 0 Å². The average Bonchev–Trinajstić information content (AvgIpc) is 2.84. The number of carbonyl (C=O) groups excluding carboxylic acids is 1. The van der Waals surface area contributed by atoms with Crippen LogP contribution in [0.4, 0.5) is 11.6 Å². The van der Waals surface area contributed by atoms with Crippen LogP contribution in [0.5, 0.6) is 0 Å². The first-order valence-corrected chi connectivity index (χ1v) is 11.4. The molecule has 1 aromatic heterocycles. The zero-order valence-corrected chi connectivity index (χ0v) is 17.0. The molecule has 1 saturated heterocycles. The van der Waals surface area contributed by atoms with E-state index >= 15 is 0 Å². The predicted octanol–water partition coefficient (Wildman–Crippen LogP) is 1.81. The smallest absolute Gasteiger partial charge is 0.243 e. The molecule has 28 heavy (non-hydrogen) atoms. The third kappa shape index (κ3) is 3.85. The summed E-state index contributed by atoms with van der Waals surface area (Å²) >= 11 is 1.58. The summed E-state index contributed by atoms with van der Waals surface area (Å²) in [6.45, 7) is 3.75. The van der Waals surface area contributed by atoms with Gasteiger partial charge in [-0.15, -0.1) is 11.8 Å². The predicted molar refractivity (Wildman–Crippen MR) is 108 cm³/mol. The van der Waals surface area contributed by atoms with E-state index in [4.69, 9.17) is 0 Å². The van der Waals surface area contributed by atoms with Gasteiger partial charge >= 0.3 is 0 Å². The molecule has 3 heterocycles. The minimum absolute atomic E-state index is 0.0928. The van der Waals surface area contributed by atoms with Crippen molar-refractivity contribution in [2.45, 2.75) is 28.4 Å². The van der Waals surface area contributed by atoms with Crippen LogP contribution in [0.3, 0.4) is 0 Å². The first-order chi connectivity index (χ1) is 13.4. The molecular weight excluding hydrogens is 398 g/mol. The molecule has 0 spiro atoms. The van der Waals surface area contributed by atoms with E-state index in [-0.39, 0.29) is 16.1 Å². The van der Waals surface area contributed by atoms with Crippen molar-refractivity contribution in [3.8, 4) is 0 Å². The molecule has 2 aliphatic rings. The van der Waals surface area contributed by atoms with Gasteiger partial charge in [0.15, 0.2) is 0 Å². The molecule has 8 nitrogen and oxygen atoms in total. The normalized spacial score (nSPS) is 21.0. The van der Waals surface area contributed by atoms with E-state index in [9.17, 15) is 13.2 Å². The zero-order chi connectivity index (χ0) is 19.7. The number of hydrogen-bond donors (Lipinski definition) is 1. The number of hydrogen-bond acceptors (Lipinski definition) is 7. The molecular formula is C18H21N5O3S2. The van der Waals surface area contributed by atoms with Crippen molar-refractivity contribution in [3.63, 3.8) is 0 Å². The number of piperazine rings is 1. The second-order valence-corrected chi connectivity index (χ2v) is 10.2. The molecule has 0 radical (unpaired) electrons. The van der Waals surface area contributed by atoms with Crippen LogP contribution in [0.2, 0.25) is 0 Å². The monoisotopic (exact) mass is 419 g/mol. The van der Waals surface area contributed by atoms with Gasteiger partial charge in [-0.25, -0.2) is 18.4 Å². The lowest BCUT2D eigenvalue weighted by atomic mass is 10.3. The van der Waals surface area contributed by atoms with E-state index in [0.717, 1.165) is 4.90 Å². The number of benzene rings is 1. The number of carbonyl (C=O) groups is 1. The number of amides is 1. The Morgan fingerprint density at radius 3 is 2.57 bits per heavy atom. The van der Waals surface area contributed by atoms with E-state index in [2.05, 4.69) is 15.3 Å². The van der Waals surface area contributed by atoms with Crippen molar-refractivity contribution in [3.05, 3.63) is 36.7 Å². The van der Waals surface area contributed by atoms with Gasteiger partial charge in [-0.05, 0) is 24.3 Å².